The molecule has 1 aliphatic carbocycles. The minimum Gasteiger partial charge on any atom is -0.388 e. The van der Waals surface area contributed by atoms with Gasteiger partial charge in [0, 0.05) is 30.7 Å². The number of carbonyl (C=O) groups is 1. The number of ketones is 1. The molecule has 2 N–H and O–H groups in total. The first kappa shape index (κ1) is 23.8. The Morgan fingerprint density at radius 1 is 1.27 bits per heavy atom. The minimum absolute atomic E-state index is 0.00667. The Bertz CT molecular complexity index is 1260. The van der Waals surface area contributed by atoms with Crippen LogP contribution in [0.5, 0.6) is 0 Å². The molecule has 0 unspecified atom stereocenters. The van der Waals surface area contributed by atoms with Gasteiger partial charge in [-0.05, 0) is 58.4 Å². The van der Waals surface area contributed by atoms with Crippen LogP contribution in [0.2, 0.25) is 0 Å². The van der Waals surface area contributed by atoms with Gasteiger partial charge in [0.05, 0.1) is 23.5 Å². The maximum Gasteiger partial charge on any atom is 0.263 e. The monoisotopic (exact) mass is 477 g/mol. The second-order valence-electron chi connectivity index (χ2n) is 9.51. The SMILES string of the molecule is CC(=O)c1c(C)c2cnc(NC3CCN(S(C)(=O)=O)CC3)nc2n([C@@H]2CCC[C@@]2(C)O)c1=O. The number of fused-ring (bicyclic) bond motifs is 1. The molecule has 0 spiro atoms. The van der Waals surface area contributed by atoms with Crippen molar-refractivity contribution in [3.8, 4) is 0 Å². The molecule has 33 heavy (non-hydrogen) atoms. The van der Waals surface area contributed by atoms with Crippen LogP contribution in [0.15, 0.2) is 11.0 Å². The van der Waals surface area contributed by atoms with E-state index in [2.05, 4.69) is 15.3 Å². The first-order valence-electron chi connectivity index (χ1n) is 11.3. The first-order chi connectivity index (χ1) is 15.4. The number of aromatic nitrogens is 3. The van der Waals surface area contributed by atoms with E-state index in [4.69, 9.17) is 0 Å². The molecule has 2 aromatic heterocycles. The summed E-state index contributed by atoms with van der Waals surface area (Å²) in [5.41, 5.74) is -0.504. The smallest absolute Gasteiger partial charge is 0.263 e. The van der Waals surface area contributed by atoms with E-state index in [9.17, 15) is 23.1 Å². The molecule has 2 aromatic rings. The number of aliphatic hydroxyl groups is 1. The van der Waals surface area contributed by atoms with E-state index in [1.54, 1.807) is 20.0 Å². The van der Waals surface area contributed by atoms with Crippen LogP contribution >= 0.6 is 0 Å². The Labute approximate surface area is 193 Å². The fourth-order valence-electron chi connectivity index (χ4n) is 5.16. The predicted octanol–water partition coefficient (Wildman–Crippen LogP) is 1.61. The maximum absolute atomic E-state index is 13.4. The van der Waals surface area contributed by atoms with E-state index in [0.29, 0.717) is 61.3 Å². The summed E-state index contributed by atoms with van der Waals surface area (Å²) in [5, 5.41) is 14.8. The highest BCUT2D eigenvalue weighted by Crippen LogP contribution is 2.40. The number of nitrogens with one attached hydrogen (secondary N) is 1. The lowest BCUT2D eigenvalue weighted by molar-refractivity contribution is 0.0265. The molecule has 180 valence electrons. The molecule has 0 bridgehead atoms. The zero-order chi connectivity index (χ0) is 24.1. The van der Waals surface area contributed by atoms with Crippen LogP contribution in [0.4, 0.5) is 5.95 Å². The van der Waals surface area contributed by atoms with E-state index in [1.807, 2.05) is 0 Å². The van der Waals surface area contributed by atoms with Crippen molar-refractivity contribution < 1.29 is 18.3 Å². The van der Waals surface area contributed by atoms with Crippen LogP contribution in [0.3, 0.4) is 0 Å². The van der Waals surface area contributed by atoms with Gasteiger partial charge in [-0.3, -0.25) is 14.2 Å². The number of hydrogen-bond acceptors (Lipinski definition) is 8. The van der Waals surface area contributed by atoms with Crippen LogP contribution < -0.4 is 10.9 Å². The van der Waals surface area contributed by atoms with Crippen LogP contribution in [0.25, 0.3) is 11.0 Å². The summed E-state index contributed by atoms with van der Waals surface area (Å²) >= 11 is 0. The molecule has 4 rings (SSSR count). The standard InChI is InChI=1S/C22H31N5O5S/c1-13-16-12-23-21(24-15-7-10-26(11-8-15)33(4,31)32)25-19(16)27(20(29)18(13)14(2)28)17-6-5-9-22(17,3)30/h12,15,17,30H,5-11H2,1-4H3,(H,23,24,25)/t17-,22-/m1/s1. The van der Waals surface area contributed by atoms with Gasteiger partial charge < -0.3 is 10.4 Å². The van der Waals surface area contributed by atoms with E-state index in [1.165, 1.54) is 22.1 Å². The van der Waals surface area contributed by atoms with Crippen molar-refractivity contribution in [2.45, 2.75) is 70.6 Å². The molecule has 10 nitrogen and oxygen atoms in total. The van der Waals surface area contributed by atoms with Crippen LogP contribution in [-0.2, 0) is 10.0 Å². The molecule has 2 aliphatic rings. The second kappa shape index (κ2) is 8.44. The summed E-state index contributed by atoms with van der Waals surface area (Å²) in [7, 11) is -3.21. The Hall–Kier alpha value is -2.37. The predicted molar refractivity (Wildman–Crippen MR) is 125 cm³/mol. The number of aryl methyl sites for hydroxylation is 1. The zero-order valence-corrected chi connectivity index (χ0v) is 20.3. The van der Waals surface area contributed by atoms with Crippen molar-refractivity contribution >= 4 is 32.8 Å². The van der Waals surface area contributed by atoms with Crippen molar-refractivity contribution in [3.05, 3.63) is 27.7 Å². The topological polar surface area (TPSA) is 134 Å². The largest absolute Gasteiger partial charge is 0.388 e. The quantitative estimate of drug-likeness (QED) is 0.620. The van der Waals surface area contributed by atoms with Crippen LogP contribution in [-0.4, -0.2) is 69.1 Å². The van der Waals surface area contributed by atoms with Gasteiger partial charge in [0.1, 0.15) is 5.65 Å². The molecular weight excluding hydrogens is 446 g/mol. The third-order valence-corrected chi connectivity index (χ3v) is 8.31. The lowest BCUT2D eigenvalue weighted by Crippen LogP contribution is -2.42. The Morgan fingerprint density at radius 2 is 1.94 bits per heavy atom. The normalized spacial score (nSPS) is 24.9. The van der Waals surface area contributed by atoms with E-state index in [-0.39, 0.29) is 17.4 Å². The maximum atomic E-state index is 13.4. The summed E-state index contributed by atoms with van der Waals surface area (Å²) in [4.78, 5) is 34.8. The van der Waals surface area contributed by atoms with Gasteiger partial charge in [0.25, 0.3) is 5.56 Å². The Morgan fingerprint density at radius 3 is 2.48 bits per heavy atom. The van der Waals surface area contributed by atoms with Gasteiger partial charge in [0.2, 0.25) is 16.0 Å². The average molecular weight is 478 g/mol. The fraction of sp³-hybridized carbons (Fsp3) is 0.636. The highest BCUT2D eigenvalue weighted by Gasteiger charge is 2.40. The number of anilines is 1. The number of pyridine rings is 1. The molecule has 2 atom stereocenters. The molecule has 1 aliphatic heterocycles. The fourth-order valence-corrected chi connectivity index (χ4v) is 6.03. The van der Waals surface area contributed by atoms with Crippen LogP contribution in [0, 0.1) is 6.92 Å². The highest BCUT2D eigenvalue weighted by molar-refractivity contribution is 7.88. The van der Waals surface area contributed by atoms with Gasteiger partial charge in [-0.15, -0.1) is 0 Å². The molecule has 1 saturated carbocycles. The average Bonchev–Trinajstić information content (AvgIpc) is 3.06. The third-order valence-electron chi connectivity index (χ3n) is 7.01. The molecule has 11 heteroatoms. The molecule has 0 aromatic carbocycles. The summed E-state index contributed by atoms with van der Waals surface area (Å²) < 4.78 is 26.4. The number of Topliss-reactive ketones (excluding diaryl/α,β-unsaturated/α-hetero) is 1. The van der Waals surface area contributed by atoms with Crippen molar-refractivity contribution in [3.63, 3.8) is 0 Å². The van der Waals surface area contributed by atoms with Crippen molar-refractivity contribution in [2.24, 2.45) is 0 Å². The van der Waals surface area contributed by atoms with Gasteiger partial charge in [-0.1, -0.05) is 0 Å². The number of carbonyl (C=O) groups excluding carboxylic acids is 1. The van der Waals surface area contributed by atoms with E-state index >= 15 is 0 Å². The summed E-state index contributed by atoms with van der Waals surface area (Å²) in [6.07, 6.45) is 5.98. The Balaban J connectivity index is 1.75. The lowest BCUT2D eigenvalue weighted by Gasteiger charge is -2.31. The summed E-state index contributed by atoms with van der Waals surface area (Å²) in [6, 6.07) is -0.500. The number of sulfonamides is 1. The van der Waals surface area contributed by atoms with Gasteiger partial charge in [0.15, 0.2) is 5.78 Å². The van der Waals surface area contributed by atoms with E-state index in [0.717, 1.165) is 6.42 Å². The molecule has 3 heterocycles. The van der Waals surface area contributed by atoms with Crippen LogP contribution in [0.1, 0.15) is 67.9 Å². The number of nitrogens with zero attached hydrogens (tertiary/aromatic N) is 4. The lowest BCUT2D eigenvalue weighted by atomic mass is 9.98. The molecular formula is C22H31N5O5S. The number of piperidine rings is 1. The first-order valence-corrected chi connectivity index (χ1v) is 13.1. The molecule has 1 saturated heterocycles. The summed E-state index contributed by atoms with van der Waals surface area (Å²) in [5.74, 6) is 0.00620. The number of hydrogen-bond donors (Lipinski definition) is 2. The van der Waals surface area contributed by atoms with E-state index < -0.39 is 27.2 Å². The van der Waals surface area contributed by atoms with Crippen molar-refractivity contribution in [1.82, 2.24) is 18.8 Å². The molecule has 0 amide bonds. The highest BCUT2D eigenvalue weighted by atomic mass is 32.2. The summed E-state index contributed by atoms with van der Waals surface area (Å²) in [6.45, 7) is 5.63. The molecule has 2 fully saturated rings. The minimum atomic E-state index is -3.21. The second-order valence-corrected chi connectivity index (χ2v) is 11.5. The Kier molecular flexibility index (Phi) is 6.08. The van der Waals surface area contributed by atoms with Crippen molar-refractivity contribution in [2.75, 3.05) is 24.7 Å². The zero-order valence-electron chi connectivity index (χ0n) is 19.5. The van der Waals surface area contributed by atoms with Gasteiger partial charge in [-0.25, -0.2) is 17.7 Å². The number of rotatable bonds is 5. The van der Waals surface area contributed by atoms with Gasteiger partial charge in [-0.2, -0.15) is 4.98 Å². The van der Waals surface area contributed by atoms with Crippen molar-refractivity contribution in [1.29, 1.82) is 0 Å². The van der Waals surface area contributed by atoms with Gasteiger partial charge >= 0.3 is 0 Å². The third kappa shape index (κ3) is 4.41. The molecule has 0 radical (unpaired) electrons.